The van der Waals surface area contributed by atoms with Gasteiger partial charge in [0.15, 0.2) is 5.69 Å². The van der Waals surface area contributed by atoms with E-state index in [1.807, 2.05) is 0 Å². The van der Waals surface area contributed by atoms with Gasteiger partial charge in [0.1, 0.15) is 0 Å². The van der Waals surface area contributed by atoms with Crippen LogP contribution in [0.1, 0.15) is 38.2 Å². The van der Waals surface area contributed by atoms with E-state index in [1.54, 1.807) is 27.7 Å². The molecule has 0 radical (unpaired) electrons. The lowest BCUT2D eigenvalue weighted by Crippen LogP contribution is -2.25. The molecule has 0 N–H and O–H groups in total. The molecule has 5 heteroatoms. The summed E-state index contributed by atoms with van der Waals surface area (Å²) in [6.45, 7) is 7.35. The van der Waals surface area contributed by atoms with Gasteiger partial charge in [0.25, 0.3) is 0 Å². The van der Waals surface area contributed by atoms with Gasteiger partial charge in [0.05, 0.1) is 12.1 Å². The van der Waals surface area contributed by atoms with Crippen molar-refractivity contribution in [1.82, 2.24) is 9.78 Å². The second kappa shape index (κ2) is 4.00. The van der Waals surface area contributed by atoms with Gasteiger partial charge in [-0.25, -0.2) is 9.48 Å². The smallest absolute Gasteiger partial charge is 0.358 e. The van der Waals surface area contributed by atoms with Gasteiger partial charge in [0.2, 0.25) is 5.95 Å². The van der Waals surface area contributed by atoms with Crippen molar-refractivity contribution in [2.24, 2.45) is 0 Å². The van der Waals surface area contributed by atoms with Crippen molar-refractivity contribution in [1.29, 1.82) is 0 Å². The first-order valence-corrected chi connectivity index (χ1v) is 4.79. The van der Waals surface area contributed by atoms with Crippen LogP contribution in [-0.4, -0.2) is 22.4 Å². The van der Waals surface area contributed by atoms with Crippen molar-refractivity contribution >= 4 is 5.97 Å². The predicted molar refractivity (Wildman–Crippen MR) is 53.1 cm³/mol. The number of rotatable bonds is 2. The maximum absolute atomic E-state index is 13.4. The third-order valence-electron chi connectivity index (χ3n) is 1.79. The Morgan fingerprint density at radius 1 is 1.60 bits per heavy atom. The van der Waals surface area contributed by atoms with Crippen LogP contribution in [0.5, 0.6) is 0 Å². The molecule has 84 valence electrons. The summed E-state index contributed by atoms with van der Waals surface area (Å²) in [6, 6.07) is 1.09. The highest BCUT2D eigenvalue weighted by atomic mass is 19.1. The van der Waals surface area contributed by atoms with Crippen LogP contribution < -0.4 is 0 Å². The molecule has 0 aliphatic rings. The minimum absolute atomic E-state index is 0.00396. The maximum Gasteiger partial charge on any atom is 0.358 e. The summed E-state index contributed by atoms with van der Waals surface area (Å²) in [7, 11) is 0. The van der Waals surface area contributed by atoms with Crippen LogP contribution in [-0.2, 0) is 10.3 Å². The summed E-state index contributed by atoms with van der Waals surface area (Å²) in [4.78, 5) is 11.3. The number of nitrogens with zero attached hydrogens (tertiary/aromatic N) is 2. The molecular formula is C10H15FN2O2. The quantitative estimate of drug-likeness (QED) is 0.707. The molecule has 0 spiro atoms. The van der Waals surface area contributed by atoms with Gasteiger partial charge < -0.3 is 4.74 Å². The van der Waals surface area contributed by atoms with Gasteiger partial charge in [-0.3, -0.25) is 0 Å². The van der Waals surface area contributed by atoms with Crippen LogP contribution in [0.3, 0.4) is 0 Å². The second-order valence-corrected chi connectivity index (χ2v) is 4.16. The molecule has 1 aromatic heterocycles. The molecule has 0 unspecified atom stereocenters. The van der Waals surface area contributed by atoms with Crippen molar-refractivity contribution in [3.63, 3.8) is 0 Å². The molecule has 0 atom stereocenters. The number of esters is 1. The molecule has 0 aliphatic carbocycles. The molecule has 0 saturated carbocycles. The highest BCUT2D eigenvalue weighted by Gasteiger charge is 2.22. The average Bonchev–Trinajstić information content (AvgIpc) is 2.47. The molecule has 4 nitrogen and oxygen atoms in total. The van der Waals surface area contributed by atoms with Gasteiger partial charge in [-0.1, -0.05) is 0 Å². The van der Waals surface area contributed by atoms with Gasteiger partial charge in [-0.2, -0.15) is 9.49 Å². The zero-order valence-corrected chi connectivity index (χ0v) is 9.37. The Labute approximate surface area is 88.0 Å². The Balaban J connectivity index is 3.01. The standard InChI is InChI=1S/C10H15FN2O2/c1-5-15-9(14)7-6-8(11)13(12-7)10(2,3)4/h6H,5H2,1-4H3. The van der Waals surface area contributed by atoms with Crippen LogP contribution >= 0.6 is 0 Å². The van der Waals surface area contributed by atoms with E-state index in [4.69, 9.17) is 4.74 Å². The highest BCUT2D eigenvalue weighted by molar-refractivity contribution is 5.87. The fraction of sp³-hybridized carbons (Fsp3) is 0.600. The lowest BCUT2D eigenvalue weighted by molar-refractivity contribution is 0.0517. The van der Waals surface area contributed by atoms with Crippen LogP contribution in [0.15, 0.2) is 6.07 Å². The van der Waals surface area contributed by atoms with Crippen molar-refractivity contribution in [2.75, 3.05) is 6.61 Å². The fourth-order valence-electron chi connectivity index (χ4n) is 1.13. The molecule has 0 saturated heterocycles. The third-order valence-corrected chi connectivity index (χ3v) is 1.79. The van der Waals surface area contributed by atoms with E-state index < -0.39 is 17.5 Å². The van der Waals surface area contributed by atoms with Crippen LogP contribution in [0.25, 0.3) is 0 Å². The summed E-state index contributed by atoms with van der Waals surface area (Å²) in [6.07, 6.45) is 0. The summed E-state index contributed by atoms with van der Waals surface area (Å²) in [5.74, 6) is -1.13. The van der Waals surface area contributed by atoms with E-state index in [0.29, 0.717) is 0 Å². The Morgan fingerprint density at radius 2 is 2.20 bits per heavy atom. The van der Waals surface area contributed by atoms with Crippen molar-refractivity contribution < 1.29 is 13.9 Å². The van der Waals surface area contributed by atoms with E-state index in [0.717, 1.165) is 6.07 Å². The minimum atomic E-state index is -0.598. The topological polar surface area (TPSA) is 44.1 Å². The van der Waals surface area contributed by atoms with E-state index in [2.05, 4.69) is 5.10 Å². The van der Waals surface area contributed by atoms with E-state index in [9.17, 15) is 9.18 Å². The highest BCUT2D eigenvalue weighted by Crippen LogP contribution is 2.16. The Kier molecular flexibility index (Phi) is 3.12. The first kappa shape index (κ1) is 11.7. The third kappa shape index (κ3) is 2.55. The predicted octanol–water partition coefficient (Wildman–Crippen LogP) is 1.95. The maximum atomic E-state index is 13.4. The van der Waals surface area contributed by atoms with Crippen molar-refractivity contribution in [3.05, 3.63) is 17.7 Å². The average molecular weight is 214 g/mol. The lowest BCUT2D eigenvalue weighted by atomic mass is 10.1. The molecule has 1 aromatic rings. The molecule has 1 heterocycles. The minimum Gasteiger partial charge on any atom is -0.461 e. The monoisotopic (exact) mass is 214 g/mol. The van der Waals surface area contributed by atoms with E-state index in [-0.39, 0.29) is 12.3 Å². The number of aromatic nitrogens is 2. The van der Waals surface area contributed by atoms with Crippen molar-refractivity contribution in [3.8, 4) is 0 Å². The number of halogens is 1. The first-order valence-electron chi connectivity index (χ1n) is 4.79. The molecular weight excluding hydrogens is 199 g/mol. The Morgan fingerprint density at radius 3 is 2.60 bits per heavy atom. The zero-order valence-electron chi connectivity index (χ0n) is 9.37. The second-order valence-electron chi connectivity index (χ2n) is 4.16. The van der Waals surface area contributed by atoms with E-state index in [1.165, 1.54) is 4.68 Å². The molecule has 0 aliphatic heterocycles. The number of ether oxygens (including phenoxy) is 1. The summed E-state index contributed by atoms with van der Waals surface area (Å²) in [5.41, 5.74) is -0.487. The Hall–Kier alpha value is -1.39. The number of hydrogen-bond acceptors (Lipinski definition) is 3. The number of carbonyl (C=O) groups excluding carboxylic acids is 1. The molecule has 1 rings (SSSR count). The molecule has 0 amide bonds. The van der Waals surface area contributed by atoms with Crippen molar-refractivity contribution in [2.45, 2.75) is 33.2 Å². The summed E-state index contributed by atoms with van der Waals surface area (Å²) in [5, 5.41) is 3.87. The van der Waals surface area contributed by atoms with Gasteiger partial charge in [0, 0.05) is 6.07 Å². The van der Waals surface area contributed by atoms with Crippen LogP contribution in [0.4, 0.5) is 4.39 Å². The Bertz CT molecular complexity index is 366. The SMILES string of the molecule is CCOC(=O)c1cc(F)n(C(C)(C)C)n1. The molecule has 15 heavy (non-hydrogen) atoms. The van der Waals surface area contributed by atoms with Crippen LogP contribution in [0.2, 0.25) is 0 Å². The summed E-state index contributed by atoms with van der Waals surface area (Å²) < 4.78 is 19.3. The zero-order chi connectivity index (χ0) is 11.6. The largest absolute Gasteiger partial charge is 0.461 e. The van der Waals surface area contributed by atoms with Gasteiger partial charge >= 0.3 is 5.97 Å². The fourth-order valence-corrected chi connectivity index (χ4v) is 1.13. The first-order chi connectivity index (χ1) is 6.86. The molecule has 0 aromatic carbocycles. The van der Waals surface area contributed by atoms with E-state index >= 15 is 0 Å². The molecule has 0 bridgehead atoms. The van der Waals surface area contributed by atoms with Gasteiger partial charge in [-0.05, 0) is 27.7 Å². The number of hydrogen-bond donors (Lipinski definition) is 0. The summed E-state index contributed by atoms with van der Waals surface area (Å²) >= 11 is 0. The van der Waals surface area contributed by atoms with Gasteiger partial charge in [-0.15, -0.1) is 0 Å². The number of carbonyl (C=O) groups is 1. The lowest BCUT2D eigenvalue weighted by Gasteiger charge is -2.19. The normalized spacial score (nSPS) is 11.5. The molecule has 0 fully saturated rings. The van der Waals surface area contributed by atoms with Crippen LogP contribution in [0, 0.1) is 5.95 Å².